The Labute approximate surface area is 73.8 Å². The minimum atomic E-state index is -1.24. The maximum absolute atomic E-state index is 12.9. The number of aliphatic hydroxyl groups excluding tert-OH is 1. The molecule has 0 fully saturated rings. The average Bonchev–Trinajstić information content (AvgIpc) is 2.10. The first-order valence-electron chi connectivity index (χ1n) is 3.64. The maximum Gasteiger partial charge on any atom is 0.161 e. The molecule has 4 heteroatoms. The molecule has 1 radical (unpaired) electrons. The van der Waals surface area contributed by atoms with E-state index in [0.717, 1.165) is 0 Å². The molecule has 0 aliphatic carbocycles. The second kappa shape index (κ2) is 3.79. The Morgan fingerprint density at radius 1 is 1.15 bits per heavy atom. The minimum absolute atomic E-state index is 0.124. The van der Waals surface area contributed by atoms with Crippen LogP contribution in [-0.4, -0.2) is 11.7 Å². The summed E-state index contributed by atoms with van der Waals surface area (Å²) in [6.45, 7) is 2.96. The third kappa shape index (κ3) is 2.01. The van der Waals surface area contributed by atoms with Crippen LogP contribution in [0.3, 0.4) is 0 Å². The van der Waals surface area contributed by atoms with E-state index in [1.54, 1.807) is 0 Å². The van der Waals surface area contributed by atoms with Crippen molar-refractivity contribution >= 4 is 0 Å². The summed E-state index contributed by atoms with van der Waals surface area (Å²) in [5.74, 6) is -4.06. The fourth-order valence-electron chi connectivity index (χ4n) is 0.949. The van der Waals surface area contributed by atoms with Crippen LogP contribution in [0.4, 0.5) is 13.2 Å². The summed E-state index contributed by atoms with van der Waals surface area (Å²) < 4.78 is 37.9. The fourth-order valence-corrected chi connectivity index (χ4v) is 0.949. The van der Waals surface area contributed by atoms with Crippen molar-refractivity contribution in [2.24, 2.45) is 0 Å². The molecule has 13 heavy (non-hydrogen) atoms. The van der Waals surface area contributed by atoms with Crippen LogP contribution in [-0.2, 0) is 0 Å². The van der Waals surface area contributed by atoms with Crippen molar-refractivity contribution in [3.05, 3.63) is 42.1 Å². The first kappa shape index (κ1) is 10.1. The predicted octanol–water partition coefficient (Wildman–Crippen LogP) is 2.01. The molecule has 0 aliphatic rings. The SMILES string of the molecule is [CH2]C(CO)c1cc(F)c(F)cc1F. The Balaban J connectivity index is 3.15. The van der Waals surface area contributed by atoms with Gasteiger partial charge in [0.1, 0.15) is 5.82 Å². The van der Waals surface area contributed by atoms with Crippen molar-refractivity contribution in [3.63, 3.8) is 0 Å². The highest BCUT2D eigenvalue weighted by molar-refractivity contribution is 5.24. The van der Waals surface area contributed by atoms with E-state index in [-0.39, 0.29) is 5.56 Å². The van der Waals surface area contributed by atoms with Crippen LogP contribution >= 0.6 is 0 Å². The van der Waals surface area contributed by atoms with E-state index in [1.165, 1.54) is 0 Å². The zero-order valence-corrected chi connectivity index (χ0v) is 6.73. The monoisotopic (exact) mass is 189 g/mol. The molecule has 1 rings (SSSR count). The summed E-state index contributed by atoms with van der Waals surface area (Å²) in [7, 11) is 0. The Kier molecular flexibility index (Phi) is 2.93. The fraction of sp³-hybridized carbons (Fsp3) is 0.222. The maximum atomic E-state index is 12.9. The van der Waals surface area contributed by atoms with Crippen molar-refractivity contribution in [2.75, 3.05) is 6.61 Å². The van der Waals surface area contributed by atoms with E-state index >= 15 is 0 Å². The van der Waals surface area contributed by atoms with Gasteiger partial charge in [0, 0.05) is 12.0 Å². The van der Waals surface area contributed by atoms with Gasteiger partial charge in [-0.3, -0.25) is 0 Å². The van der Waals surface area contributed by atoms with Gasteiger partial charge in [-0.05, 0) is 18.6 Å². The van der Waals surface area contributed by atoms with Crippen molar-refractivity contribution in [2.45, 2.75) is 5.92 Å². The molecule has 0 heterocycles. The average molecular weight is 189 g/mol. The molecule has 0 saturated carbocycles. The number of aliphatic hydroxyl groups is 1. The molecule has 1 aromatic rings. The number of hydrogen-bond acceptors (Lipinski definition) is 1. The molecule has 0 saturated heterocycles. The highest BCUT2D eigenvalue weighted by atomic mass is 19.2. The smallest absolute Gasteiger partial charge is 0.161 e. The van der Waals surface area contributed by atoms with E-state index < -0.39 is 30.0 Å². The summed E-state index contributed by atoms with van der Waals surface area (Å²) >= 11 is 0. The lowest BCUT2D eigenvalue weighted by Gasteiger charge is -2.09. The minimum Gasteiger partial charge on any atom is -0.396 e. The van der Waals surface area contributed by atoms with Gasteiger partial charge in [-0.15, -0.1) is 0 Å². The van der Waals surface area contributed by atoms with Crippen LogP contribution < -0.4 is 0 Å². The molecule has 0 aliphatic heterocycles. The largest absolute Gasteiger partial charge is 0.396 e. The van der Waals surface area contributed by atoms with E-state index in [0.29, 0.717) is 12.1 Å². The van der Waals surface area contributed by atoms with E-state index in [9.17, 15) is 13.2 Å². The van der Waals surface area contributed by atoms with Crippen molar-refractivity contribution in [3.8, 4) is 0 Å². The second-order valence-corrected chi connectivity index (χ2v) is 2.67. The number of rotatable bonds is 2. The van der Waals surface area contributed by atoms with E-state index in [2.05, 4.69) is 6.92 Å². The van der Waals surface area contributed by atoms with Gasteiger partial charge in [-0.1, -0.05) is 0 Å². The molecule has 1 aromatic carbocycles. The molecule has 1 unspecified atom stereocenters. The third-order valence-electron chi connectivity index (χ3n) is 1.70. The molecule has 71 valence electrons. The molecule has 0 amide bonds. The summed E-state index contributed by atoms with van der Waals surface area (Å²) in [5.41, 5.74) is -0.124. The van der Waals surface area contributed by atoms with E-state index in [4.69, 9.17) is 5.11 Å². The molecule has 1 N–H and O–H groups in total. The van der Waals surface area contributed by atoms with Gasteiger partial charge in [0.15, 0.2) is 11.6 Å². The van der Waals surface area contributed by atoms with Gasteiger partial charge in [-0.2, -0.15) is 0 Å². The van der Waals surface area contributed by atoms with Gasteiger partial charge >= 0.3 is 0 Å². The van der Waals surface area contributed by atoms with Crippen molar-refractivity contribution in [1.82, 2.24) is 0 Å². The zero-order chi connectivity index (χ0) is 10.0. The normalized spacial score (nSPS) is 13.0. The van der Waals surface area contributed by atoms with Crippen LogP contribution in [0.2, 0.25) is 0 Å². The molecule has 0 spiro atoms. The standard InChI is InChI=1S/C9H8F3O/c1-5(4-13)6-2-8(11)9(12)3-7(6)10/h2-3,5,13H,1,4H2. The number of hydrogen-bond donors (Lipinski definition) is 1. The second-order valence-electron chi connectivity index (χ2n) is 2.67. The summed E-state index contributed by atoms with van der Waals surface area (Å²) in [4.78, 5) is 0. The number of benzene rings is 1. The summed E-state index contributed by atoms with van der Waals surface area (Å²) in [5, 5.41) is 8.63. The Bertz CT molecular complexity index is 312. The van der Waals surface area contributed by atoms with E-state index in [1.807, 2.05) is 0 Å². The zero-order valence-electron chi connectivity index (χ0n) is 6.73. The van der Waals surface area contributed by atoms with Crippen LogP contribution in [0, 0.1) is 24.4 Å². The molecule has 1 atom stereocenters. The van der Waals surface area contributed by atoms with Crippen molar-refractivity contribution in [1.29, 1.82) is 0 Å². The molecule has 0 aromatic heterocycles. The quantitative estimate of drug-likeness (QED) is 0.705. The predicted molar refractivity (Wildman–Crippen MR) is 41.5 cm³/mol. The Hall–Kier alpha value is -1.03. The Morgan fingerprint density at radius 3 is 2.23 bits per heavy atom. The van der Waals surface area contributed by atoms with Crippen LogP contribution in [0.1, 0.15) is 11.5 Å². The summed E-state index contributed by atoms with van der Waals surface area (Å²) in [6.07, 6.45) is 0. The summed E-state index contributed by atoms with van der Waals surface area (Å²) in [6, 6.07) is 1.15. The first-order chi connectivity index (χ1) is 6.06. The molecule has 0 bridgehead atoms. The molecular weight excluding hydrogens is 181 g/mol. The Morgan fingerprint density at radius 2 is 1.69 bits per heavy atom. The van der Waals surface area contributed by atoms with Gasteiger partial charge in [0.25, 0.3) is 0 Å². The number of halogens is 3. The van der Waals surface area contributed by atoms with Gasteiger partial charge in [0.2, 0.25) is 0 Å². The van der Waals surface area contributed by atoms with Gasteiger partial charge in [0.05, 0.1) is 6.61 Å². The topological polar surface area (TPSA) is 20.2 Å². The lowest BCUT2D eigenvalue weighted by molar-refractivity contribution is 0.279. The van der Waals surface area contributed by atoms with Crippen molar-refractivity contribution < 1.29 is 18.3 Å². The van der Waals surface area contributed by atoms with Gasteiger partial charge in [-0.25, -0.2) is 13.2 Å². The molecular formula is C9H8F3O. The highest BCUT2D eigenvalue weighted by Gasteiger charge is 2.14. The molecule has 1 nitrogen and oxygen atoms in total. The van der Waals surface area contributed by atoms with Crippen LogP contribution in [0.5, 0.6) is 0 Å². The van der Waals surface area contributed by atoms with Crippen LogP contribution in [0.15, 0.2) is 12.1 Å². The third-order valence-corrected chi connectivity index (χ3v) is 1.70. The first-order valence-corrected chi connectivity index (χ1v) is 3.64. The highest BCUT2D eigenvalue weighted by Crippen LogP contribution is 2.20. The van der Waals surface area contributed by atoms with Crippen LogP contribution in [0.25, 0.3) is 0 Å². The van der Waals surface area contributed by atoms with Gasteiger partial charge < -0.3 is 5.11 Å². The lowest BCUT2D eigenvalue weighted by Crippen LogP contribution is -2.04. The lowest BCUT2D eigenvalue weighted by atomic mass is 10.0.